The van der Waals surface area contributed by atoms with Crippen molar-refractivity contribution >= 4 is 11.3 Å². The Morgan fingerprint density at radius 2 is 2.35 bits per heavy atom. The average Bonchev–Trinajstić information content (AvgIpc) is 3.04. The second-order valence-electron chi connectivity index (χ2n) is 5.15. The van der Waals surface area contributed by atoms with Crippen molar-refractivity contribution in [1.29, 1.82) is 0 Å². The molecule has 2 heterocycles. The summed E-state index contributed by atoms with van der Waals surface area (Å²) < 4.78 is 11.1. The smallest absolute Gasteiger partial charge is 0.131 e. The number of ether oxygens (including phenoxy) is 2. The van der Waals surface area contributed by atoms with Crippen LogP contribution in [0.15, 0.2) is 23.6 Å². The number of aliphatic hydroxyl groups is 1. The summed E-state index contributed by atoms with van der Waals surface area (Å²) in [6, 6.07) is 5.52. The van der Waals surface area contributed by atoms with E-state index >= 15 is 0 Å². The highest BCUT2D eigenvalue weighted by atomic mass is 32.1. The van der Waals surface area contributed by atoms with Crippen LogP contribution in [-0.4, -0.2) is 16.7 Å². The van der Waals surface area contributed by atoms with Gasteiger partial charge in [0.05, 0.1) is 10.7 Å². The molecule has 106 valence electrons. The van der Waals surface area contributed by atoms with Gasteiger partial charge in [0.2, 0.25) is 0 Å². The Morgan fingerprint density at radius 1 is 1.50 bits per heavy atom. The Bertz CT molecular complexity index is 609. The molecule has 1 aliphatic heterocycles. The molecule has 0 saturated heterocycles. The number of thiazole rings is 1. The van der Waals surface area contributed by atoms with Gasteiger partial charge in [0.25, 0.3) is 0 Å². The van der Waals surface area contributed by atoms with E-state index in [9.17, 15) is 5.11 Å². The maximum atomic E-state index is 9.66. The molecule has 0 bridgehead atoms. The Kier molecular flexibility index (Phi) is 3.63. The Balaban J connectivity index is 1.66. The second kappa shape index (κ2) is 5.42. The van der Waals surface area contributed by atoms with Crippen LogP contribution in [0.1, 0.15) is 42.1 Å². The fraction of sp³-hybridized carbons (Fsp3) is 0.400. The normalized spacial score (nSPS) is 17.1. The molecule has 3 rings (SSSR count). The highest BCUT2D eigenvalue weighted by molar-refractivity contribution is 7.09. The third-order valence-electron chi connectivity index (χ3n) is 3.19. The monoisotopic (exact) mass is 291 g/mol. The third kappa shape index (κ3) is 2.64. The van der Waals surface area contributed by atoms with E-state index in [2.05, 4.69) is 18.8 Å². The summed E-state index contributed by atoms with van der Waals surface area (Å²) in [5.41, 5.74) is 1.77. The van der Waals surface area contributed by atoms with Crippen LogP contribution in [0.2, 0.25) is 0 Å². The van der Waals surface area contributed by atoms with Crippen molar-refractivity contribution in [2.45, 2.75) is 32.5 Å². The van der Waals surface area contributed by atoms with Crippen LogP contribution in [0.4, 0.5) is 0 Å². The maximum absolute atomic E-state index is 9.66. The van der Waals surface area contributed by atoms with E-state index in [1.165, 1.54) is 0 Å². The van der Waals surface area contributed by atoms with Crippen molar-refractivity contribution < 1.29 is 14.6 Å². The molecule has 1 aromatic heterocycles. The van der Waals surface area contributed by atoms with Gasteiger partial charge in [-0.3, -0.25) is 0 Å². The lowest BCUT2D eigenvalue weighted by Gasteiger charge is -2.06. The van der Waals surface area contributed by atoms with E-state index in [0.29, 0.717) is 24.9 Å². The van der Waals surface area contributed by atoms with Crippen molar-refractivity contribution in [3.8, 4) is 11.5 Å². The molecule has 1 aliphatic rings. The van der Waals surface area contributed by atoms with E-state index in [0.717, 1.165) is 22.0 Å². The number of benzene rings is 1. The molecule has 0 aliphatic carbocycles. The molecule has 5 heteroatoms. The number of hydrogen-bond acceptors (Lipinski definition) is 5. The highest BCUT2D eigenvalue weighted by Crippen LogP contribution is 2.35. The lowest BCUT2D eigenvalue weighted by Crippen LogP contribution is -1.97. The zero-order valence-electron chi connectivity index (χ0n) is 11.5. The van der Waals surface area contributed by atoms with Crippen LogP contribution >= 0.6 is 11.3 Å². The lowest BCUT2D eigenvalue weighted by molar-refractivity contribution is 0.140. The first-order valence-corrected chi connectivity index (χ1v) is 7.53. The first-order valence-electron chi connectivity index (χ1n) is 6.65. The SMILES string of the molecule is CC(C)c1nc(COc2ccc3c(c2)OCC3O)cs1. The van der Waals surface area contributed by atoms with E-state index in [-0.39, 0.29) is 0 Å². The zero-order valence-corrected chi connectivity index (χ0v) is 12.3. The van der Waals surface area contributed by atoms with Crippen LogP contribution in [0.5, 0.6) is 11.5 Å². The van der Waals surface area contributed by atoms with E-state index in [4.69, 9.17) is 9.47 Å². The molecule has 4 nitrogen and oxygen atoms in total. The zero-order chi connectivity index (χ0) is 14.1. The maximum Gasteiger partial charge on any atom is 0.131 e. The summed E-state index contributed by atoms with van der Waals surface area (Å²) in [5.74, 6) is 1.89. The van der Waals surface area contributed by atoms with Crippen molar-refractivity contribution in [2.24, 2.45) is 0 Å². The summed E-state index contributed by atoms with van der Waals surface area (Å²) in [7, 11) is 0. The molecule has 1 atom stereocenters. The van der Waals surface area contributed by atoms with Gasteiger partial charge in [0.1, 0.15) is 30.8 Å². The third-order valence-corrected chi connectivity index (χ3v) is 4.38. The molecule has 0 amide bonds. The molecular weight excluding hydrogens is 274 g/mol. The number of nitrogens with zero attached hydrogens (tertiary/aromatic N) is 1. The number of aromatic nitrogens is 1. The minimum atomic E-state index is -0.522. The van der Waals surface area contributed by atoms with Gasteiger partial charge in [-0.05, 0) is 12.1 Å². The molecule has 0 fully saturated rings. The summed E-state index contributed by atoms with van der Waals surface area (Å²) in [4.78, 5) is 4.53. The fourth-order valence-electron chi connectivity index (χ4n) is 2.07. The molecule has 1 unspecified atom stereocenters. The Hall–Kier alpha value is -1.59. The van der Waals surface area contributed by atoms with Crippen LogP contribution in [-0.2, 0) is 6.61 Å². The predicted molar refractivity (Wildman–Crippen MR) is 77.4 cm³/mol. The quantitative estimate of drug-likeness (QED) is 0.939. The number of hydrogen-bond donors (Lipinski definition) is 1. The average molecular weight is 291 g/mol. The van der Waals surface area contributed by atoms with Crippen LogP contribution in [0.3, 0.4) is 0 Å². The molecule has 1 N–H and O–H groups in total. The summed E-state index contributed by atoms with van der Waals surface area (Å²) >= 11 is 1.66. The van der Waals surface area contributed by atoms with Crippen LogP contribution in [0, 0.1) is 0 Å². The highest BCUT2D eigenvalue weighted by Gasteiger charge is 2.22. The van der Waals surface area contributed by atoms with Gasteiger partial charge in [0.15, 0.2) is 0 Å². The van der Waals surface area contributed by atoms with Crippen molar-refractivity contribution in [1.82, 2.24) is 4.98 Å². The fourth-order valence-corrected chi connectivity index (χ4v) is 2.89. The second-order valence-corrected chi connectivity index (χ2v) is 6.04. The molecule has 2 aromatic rings. The molecule has 20 heavy (non-hydrogen) atoms. The minimum absolute atomic E-state index is 0.322. The molecular formula is C15H17NO3S. The molecule has 0 saturated carbocycles. The number of aliphatic hydroxyl groups excluding tert-OH is 1. The molecule has 0 radical (unpaired) electrons. The lowest BCUT2D eigenvalue weighted by atomic mass is 10.1. The Labute approximate surface area is 122 Å². The molecule has 0 spiro atoms. The topological polar surface area (TPSA) is 51.6 Å². The number of fused-ring (bicyclic) bond motifs is 1. The minimum Gasteiger partial charge on any atom is -0.490 e. The van der Waals surface area contributed by atoms with Crippen molar-refractivity contribution in [3.63, 3.8) is 0 Å². The van der Waals surface area contributed by atoms with Crippen molar-refractivity contribution in [3.05, 3.63) is 39.8 Å². The van der Waals surface area contributed by atoms with Crippen LogP contribution in [0.25, 0.3) is 0 Å². The standard InChI is InChI=1S/C15H17NO3S/c1-9(2)15-16-10(8-20-15)6-18-11-3-4-12-13(17)7-19-14(12)5-11/h3-5,8-9,13,17H,6-7H2,1-2H3. The summed E-state index contributed by atoms with van der Waals surface area (Å²) in [5, 5.41) is 12.8. The first kappa shape index (κ1) is 13.4. The van der Waals surface area contributed by atoms with Crippen molar-refractivity contribution in [2.75, 3.05) is 6.61 Å². The molecule has 1 aromatic carbocycles. The largest absolute Gasteiger partial charge is 0.490 e. The van der Waals surface area contributed by atoms with Gasteiger partial charge >= 0.3 is 0 Å². The van der Waals surface area contributed by atoms with Gasteiger partial charge in [-0.15, -0.1) is 11.3 Å². The van der Waals surface area contributed by atoms with Gasteiger partial charge in [-0.2, -0.15) is 0 Å². The predicted octanol–water partition coefficient (Wildman–Crippen LogP) is 3.27. The summed E-state index contributed by atoms with van der Waals surface area (Å²) in [6.45, 7) is 5.03. The van der Waals surface area contributed by atoms with E-state index in [1.54, 1.807) is 11.3 Å². The van der Waals surface area contributed by atoms with Gasteiger partial charge in [-0.1, -0.05) is 13.8 Å². The first-order chi connectivity index (χ1) is 9.63. The van der Waals surface area contributed by atoms with Gasteiger partial charge in [0, 0.05) is 22.9 Å². The van der Waals surface area contributed by atoms with E-state index in [1.807, 2.05) is 23.6 Å². The Morgan fingerprint density at radius 3 is 3.10 bits per heavy atom. The van der Waals surface area contributed by atoms with Crippen LogP contribution < -0.4 is 9.47 Å². The van der Waals surface area contributed by atoms with Gasteiger partial charge in [-0.25, -0.2) is 4.98 Å². The summed E-state index contributed by atoms with van der Waals surface area (Å²) in [6.07, 6.45) is -0.522. The number of rotatable bonds is 4. The van der Waals surface area contributed by atoms with Gasteiger partial charge < -0.3 is 14.6 Å². The van der Waals surface area contributed by atoms with E-state index < -0.39 is 6.10 Å².